The van der Waals surface area contributed by atoms with Crippen LogP contribution in [0.4, 0.5) is 0 Å². The van der Waals surface area contributed by atoms with Crippen molar-refractivity contribution in [1.82, 2.24) is 5.32 Å². The van der Waals surface area contributed by atoms with Crippen LogP contribution in [0.15, 0.2) is 36.9 Å². The maximum atomic E-state index is 10.9. The van der Waals surface area contributed by atoms with Crippen LogP contribution in [0.5, 0.6) is 0 Å². The van der Waals surface area contributed by atoms with Crippen molar-refractivity contribution in [3.63, 3.8) is 0 Å². The molecule has 1 amide bonds. The molecule has 0 bridgehead atoms. The van der Waals surface area contributed by atoms with Crippen LogP contribution in [-0.2, 0) is 11.3 Å². The second kappa shape index (κ2) is 4.45. The highest BCUT2D eigenvalue weighted by Crippen LogP contribution is 2.05. The van der Waals surface area contributed by atoms with Gasteiger partial charge in [0.05, 0.1) is 0 Å². The van der Waals surface area contributed by atoms with Crippen LogP contribution >= 0.6 is 0 Å². The molecule has 0 aliphatic carbocycles. The summed E-state index contributed by atoms with van der Waals surface area (Å²) in [6.45, 7) is 5.97. The van der Waals surface area contributed by atoms with Crippen molar-refractivity contribution < 1.29 is 4.79 Å². The van der Waals surface area contributed by atoms with Crippen LogP contribution in [0.2, 0.25) is 0 Å². The summed E-state index contributed by atoms with van der Waals surface area (Å²) in [5, 5.41) is 2.73. The molecule has 0 saturated heterocycles. The van der Waals surface area contributed by atoms with E-state index in [1.165, 1.54) is 11.6 Å². The Morgan fingerprint density at radius 3 is 2.85 bits per heavy atom. The summed E-state index contributed by atoms with van der Waals surface area (Å²) in [4.78, 5) is 10.9. The molecular weight excluding hydrogens is 162 g/mol. The van der Waals surface area contributed by atoms with Crippen molar-refractivity contribution in [1.29, 1.82) is 0 Å². The molecule has 1 aromatic rings. The number of hydrogen-bond acceptors (Lipinski definition) is 1. The summed E-state index contributed by atoms with van der Waals surface area (Å²) >= 11 is 0. The van der Waals surface area contributed by atoms with E-state index in [4.69, 9.17) is 0 Å². The van der Waals surface area contributed by atoms with E-state index in [-0.39, 0.29) is 5.91 Å². The number of aryl methyl sites for hydroxylation is 1. The monoisotopic (exact) mass is 175 g/mol. The first kappa shape index (κ1) is 9.52. The van der Waals surface area contributed by atoms with Gasteiger partial charge in [0.2, 0.25) is 5.91 Å². The quantitative estimate of drug-likeness (QED) is 0.697. The van der Waals surface area contributed by atoms with E-state index < -0.39 is 0 Å². The minimum absolute atomic E-state index is 0.136. The molecule has 1 aromatic carbocycles. The Morgan fingerprint density at radius 1 is 1.54 bits per heavy atom. The molecule has 0 unspecified atom stereocenters. The van der Waals surface area contributed by atoms with Crippen LogP contribution in [0.1, 0.15) is 11.1 Å². The number of benzene rings is 1. The number of amides is 1. The van der Waals surface area contributed by atoms with Gasteiger partial charge in [-0.25, -0.2) is 0 Å². The zero-order valence-electron chi connectivity index (χ0n) is 7.71. The van der Waals surface area contributed by atoms with Gasteiger partial charge in [0.1, 0.15) is 0 Å². The minimum Gasteiger partial charge on any atom is -0.348 e. The molecule has 2 nitrogen and oxygen atoms in total. The molecule has 0 radical (unpaired) electrons. The fraction of sp³-hybridized carbons (Fsp3) is 0.182. The zero-order valence-corrected chi connectivity index (χ0v) is 7.71. The molecule has 1 N–H and O–H groups in total. The van der Waals surface area contributed by atoms with Gasteiger partial charge in [-0.05, 0) is 24.1 Å². The lowest BCUT2D eigenvalue weighted by atomic mass is 10.1. The summed E-state index contributed by atoms with van der Waals surface area (Å²) in [6, 6.07) is 7.96. The smallest absolute Gasteiger partial charge is 0.243 e. The van der Waals surface area contributed by atoms with Crippen LogP contribution in [-0.4, -0.2) is 5.91 Å². The van der Waals surface area contributed by atoms with Gasteiger partial charge in [0, 0.05) is 6.54 Å². The molecule has 0 aromatic heterocycles. The molecule has 68 valence electrons. The molecule has 0 saturated carbocycles. The average molecular weight is 175 g/mol. The topological polar surface area (TPSA) is 29.1 Å². The lowest BCUT2D eigenvalue weighted by Gasteiger charge is -2.05. The Hall–Kier alpha value is -1.57. The van der Waals surface area contributed by atoms with Crippen LogP contribution < -0.4 is 5.32 Å². The average Bonchev–Trinajstić information content (AvgIpc) is 2.16. The predicted molar refractivity (Wildman–Crippen MR) is 53.2 cm³/mol. The largest absolute Gasteiger partial charge is 0.348 e. The van der Waals surface area contributed by atoms with E-state index in [1.807, 2.05) is 31.2 Å². The van der Waals surface area contributed by atoms with E-state index in [0.29, 0.717) is 6.54 Å². The molecule has 0 fully saturated rings. The second-order valence-corrected chi connectivity index (χ2v) is 2.85. The third-order valence-corrected chi connectivity index (χ3v) is 1.90. The zero-order chi connectivity index (χ0) is 9.68. The number of hydrogen-bond donors (Lipinski definition) is 1. The fourth-order valence-corrected chi connectivity index (χ4v) is 1.06. The van der Waals surface area contributed by atoms with E-state index >= 15 is 0 Å². The van der Waals surface area contributed by atoms with Crippen molar-refractivity contribution in [3.8, 4) is 0 Å². The standard InChI is InChI=1S/C11H13NO/c1-3-11(13)12-8-10-7-5-4-6-9(10)2/h3-7H,1,8H2,2H3,(H,12,13). The highest BCUT2D eigenvalue weighted by Gasteiger charge is 1.97. The Labute approximate surface area is 78.3 Å². The summed E-state index contributed by atoms with van der Waals surface area (Å²) in [6.07, 6.45) is 1.28. The highest BCUT2D eigenvalue weighted by atomic mass is 16.1. The molecule has 2 heteroatoms. The first-order valence-electron chi connectivity index (χ1n) is 4.19. The summed E-state index contributed by atoms with van der Waals surface area (Å²) in [5.74, 6) is -0.136. The predicted octanol–water partition coefficient (Wildman–Crippen LogP) is 1.80. The molecule has 0 spiro atoms. The van der Waals surface area contributed by atoms with E-state index in [9.17, 15) is 4.79 Å². The van der Waals surface area contributed by atoms with Crippen molar-refractivity contribution in [2.24, 2.45) is 0 Å². The molecule has 13 heavy (non-hydrogen) atoms. The number of nitrogens with one attached hydrogen (secondary N) is 1. The van der Waals surface area contributed by atoms with E-state index in [1.54, 1.807) is 0 Å². The first-order valence-corrected chi connectivity index (χ1v) is 4.19. The van der Waals surface area contributed by atoms with Gasteiger partial charge in [-0.3, -0.25) is 4.79 Å². The Bertz CT molecular complexity index is 318. The van der Waals surface area contributed by atoms with Gasteiger partial charge < -0.3 is 5.32 Å². The van der Waals surface area contributed by atoms with Crippen molar-refractivity contribution >= 4 is 5.91 Å². The molecule has 0 aliphatic rings. The first-order chi connectivity index (χ1) is 6.24. The SMILES string of the molecule is C=CC(=O)NCc1ccccc1C. The van der Waals surface area contributed by atoms with Gasteiger partial charge in [-0.2, -0.15) is 0 Å². The molecule has 0 heterocycles. The maximum absolute atomic E-state index is 10.9. The van der Waals surface area contributed by atoms with Crippen LogP contribution in [0, 0.1) is 6.92 Å². The van der Waals surface area contributed by atoms with Crippen LogP contribution in [0.3, 0.4) is 0 Å². The van der Waals surface area contributed by atoms with Gasteiger partial charge in [0.25, 0.3) is 0 Å². The number of carbonyl (C=O) groups is 1. The lowest BCUT2D eigenvalue weighted by Crippen LogP contribution is -2.20. The van der Waals surface area contributed by atoms with Gasteiger partial charge in [0.15, 0.2) is 0 Å². The van der Waals surface area contributed by atoms with E-state index in [2.05, 4.69) is 11.9 Å². The van der Waals surface area contributed by atoms with Crippen LogP contribution in [0.25, 0.3) is 0 Å². The number of rotatable bonds is 3. The third kappa shape index (κ3) is 2.75. The molecule has 1 rings (SSSR count). The molecule has 0 atom stereocenters. The molecular formula is C11H13NO. The Kier molecular flexibility index (Phi) is 3.26. The van der Waals surface area contributed by atoms with Gasteiger partial charge in [-0.1, -0.05) is 30.8 Å². The van der Waals surface area contributed by atoms with Crippen molar-refractivity contribution in [2.45, 2.75) is 13.5 Å². The number of carbonyl (C=O) groups excluding carboxylic acids is 1. The minimum atomic E-state index is -0.136. The van der Waals surface area contributed by atoms with Crippen molar-refractivity contribution in [2.75, 3.05) is 0 Å². The Morgan fingerprint density at radius 2 is 2.23 bits per heavy atom. The molecule has 0 aliphatic heterocycles. The maximum Gasteiger partial charge on any atom is 0.243 e. The summed E-state index contributed by atoms with van der Waals surface area (Å²) in [5.41, 5.74) is 2.32. The fourth-order valence-electron chi connectivity index (χ4n) is 1.06. The van der Waals surface area contributed by atoms with Gasteiger partial charge in [-0.15, -0.1) is 0 Å². The van der Waals surface area contributed by atoms with Crippen molar-refractivity contribution in [3.05, 3.63) is 48.0 Å². The highest BCUT2D eigenvalue weighted by molar-refractivity contribution is 5.86. The third-order valence-electron chi connectivity index (χ3n) is 1.90. The summed E-state index contributed by atoms with van der Waals surface area (Å²) in [7, 11) is 0. The summed E-state index contributed by atoms with van der Waals surface area (Å²) < 4.78 is 0. The van der Waals surface area contributed by atoms with E-state index in [0.717, 1.165) is 5.56 Å². The second-order valence-electron chi connectivity index (χ2n) is 2.85. The normalized spacial score (nSPS) is 9.31. The Balaban J connectivity index is 2.59. The van der Waals surface area contributed by atoms with Gasteiger partial charge >= 0.3 is 0 Å². The lowest BCUT2D eigenvalue weighted by molar-refractivity contribution is -0.116.